The van der Waals surface area contributed by atoms with E-state index < -0.39 is 0 Å². The number of carbonyl (C=O) groups excluding carboxylic acids is 1. The maximum Gasteiger partial charge on any atom is 0.255 e. The Balaban J connectivity index is 2.29. The van der Waals surface area contributed by atoms with Crippen molar-refractivity contribution >= 4 is 5.91 Å². The number of rotatable bonds is 7. The monoisotopic (exact) mass is 369 g/mol. The molecule has 1 atom stereocenters. The van der Waals surface area contributed by atoms with Crippen molar-refractivity contribution in [2.24, 2.45) is 0 Å². The van der Waals surface area contributed by atoms with Gasteiger partial charge >= 0.3 is 0 Å². The zero-order valence-corrected chi connectivity index (χ0v) is 17.4. The summed E-state index contributed by atoms with van der Waals surface area (Å²) in [6.45, 7) is 12.2. The molecule has 1 N–H and O–H groups in total. The van der Waals surface area contributed by atoms with Crippen LogP contribution in [0, 0.1) is 6.92 Å². The first kappa shape index (κ1) is 20.8. The minimum absolute atomic E-state index is 0.00815. The summed E-state index contributed by atoms with van der Waals surface area (Å²) in [4.78, 5) is 12.9. The van der Waals surface area contributed by atoms with Crippen LogP contribution in [0.4, 0.5) is 0 Å². The highest BCUT2D eigenvalue weighted by Crippen LogP contribution is 2.32. The van der Waals surface area contributed by atoms with Gasteiger partial charge in [0.1, 0.15) is 11.5 Å². The van der Waals surface area contributed by atoms with Gasteiger partial charge in [-0.25, -0.2) is 0 Å². The van der Waals surface area contributed by atoms with Gasteiger partial charge in [-0.15, -0.1) is 0 Å². The lowest BCUT2D eigenvalue weighted by atomic mass is 9.93. The third kappa shape index (κ3) is 5.03. The number of ether oxygens (including phenoxy) is 2. The van der Waals surface area contributed by atoms with E-state index in [-0.39, 0.29) is 18.1 Å². The lowest BCUT2D eigenvalue weighted by Gasteiger charge is -2.22. The van der Waals surface area contributed by atoms with E-state index in [1.807, 2.05) is 52.0 Å². The van der Waals surface area contributed by atoms with Crippen molar-refractivity contribution in [1.29, 1.82) is 0 Å². The molecule has 2 aromatic rings. The van der Waals surface area contributed by atoms with E-state index in [4.69, 9.17) is 9.47 Å². The Morgan fingerprint density at radius 3 is 2.22 bits per heavy atom. The number of methoxy groups -OCH3 is 1. The Labute approximate surface area is 162 Å². The summed E-state index contributed by atoms with van der Waals surface area (Å²) in [5, 5.41) is 3.11. The van der Waals surface area contributed by atoms with E-state index in [1.165, 1.54) is 0 Å². The van der Waals surface area contributed by atoms with E-state index in [0.29, 0.717) is 17.2 Å². The average Bonchev–Trinajstić information content (AvgIpc) is 2.60. The fraction of sp³-hybridized carbons (Fsp3) is 0.435. The van der Waals surface area contributed by atoms with E-state index in [9.17, 15) is 4.79 Å². The molecule has 146 valence electrons. The molecule has 0 aliphatic carbocycles. The Morgan fingerprint density at radius 1 is 0.963 bits per heavy atom. The molecular weight excluding hydrogens is 338 g/mol. The van der Waals surface area contributed by atoms with E-state index >= 15 is 0 Å². The molecular formula is C23H31NO3. The number of hydrogen-bond acceptors (Lipinski definition) is 3. The second-order valence-corrected chi connectivity index (χ2v) is 7.46. The number of carbonyl (C=O) groups is 1. The lowest BCUT2D eigenvalue weighted by molar-refractivity contribution is 0.0934. The van der Waals surface area contributed by atoms with Crippen LogP contribution in [0.3, 0.4) is 0 Å². The van der Waals surface area contributed by atoms with Crippen molar-refractivity contribution in [3.63, 3.8) is 0 Å². The van der Waals surface area contributed by atoms with Crippen molar-refractivity contribution in [1.82, 2.24) is 5.32 Å². The number of nitrogens with one attached hydrogen (secondary N) is 1. The molecule has 0 saturated carbocycles. The molecule has 0 bridgehead atoms. The van der Waals surface area contributed by atoms with Gasteiger partial charge in [0, 0.05) is 0 Å². The van der Waals surface area contributed by atoms with Gasteiger partial charge in [-0.1, -0.05) is 26.0 Å². The highest BCUT2D eigenvalue weighted by molar-refractivity contribution is 5.97. The normalized spacial score (nSPS) is 12.2. The summed E-state index contributed by atoms with van der Waals surface area (Å²) in [5.74, 6) is 1.69. The predicted octanol–water partition coefficient (Wildman–Crippen LogP) is 5.41. The first-order valence-corrected chi connectivity index (χ1v) is 9.49. The molecule has 0 saturated heterocycles. The molecule has 27 heavy (non-hydrogen) atoms. The largest absolute Gasteiger partial charge is 0.496 e. The second kappa shape index (κ2) is 8.94. The van der Waals surface area contributed by atoms with Crippen molar-refractivity contribution in [3.8, 4) is 11.5 Å². The summed E-state index contributed by atoms with van der Waals surface area (Å²) in [7, 11) is 1.69. The minimum atomic E-state index is -0.139. The number of aryl methyl sites for hydroxylation is 1. The van der Waals surface area contributed by atoms with Crippen molar-refractivity contribution < 1.29 is 14.3 Å². The van der Waals surface area contributed by atoms with E-state index in [1.54, 1.807) is 13.2 Å². The van der Waals surface area contributed by atoms with Gasteiger partial charge in [0.25, 0.3) is 5.91 Å². The SMILES string of the molecule is COc1cc(C)c([C@H](C)NC(=O)c2ccccc2OC(C)C)cc1C(C)C. The first-order chi connectivity index (χ1) is 12.7. The highest BCUT2D eigenvalue weighted by atomic mass is 16.5. The van der Waals surface area contributed by atoms with Gasteiger partial charge in [0.2, 0.25) is 0 Å². The van der Waals surface area contributed by atoms with Crippen LogP contribution in [-0.4, -0.2) is 19.1 Å². The second-order valence-electron chi connectivity index (χ2n) is 7.46. The number of para-hydroxylation sites is 1. The Bertz CT molecular complexity index is 796. The van der Waals surface area contributed by atoms with Crippen LogP contribution in [0.15, 0.2) is 36.4 Å². The zero-order chi connectivity index (χ0) is 20.1. The molecule has 1 amide bonds. The number of amides is 1. The lowest BCUT2D eigenvalue weighted by Crippen LogP contribution is -2.28. The molecule has 0 unspecified atom stereocenters. The number of benzene rings is 2. The van der Waals surface area contributed by atoms with Gasteiger partial charge in [-0.05, 0) is 74.6 Å². The fourth-order valence-electron chi connectivity index (χ4n) is 3.17. The molecule has 2 aromatic carbocycles. The van der Waals surface area contributed by atoms with E-state index in [0.717, 1.165) is 22.4 Å². The van der Waals surface area contributed by atoms with Crippen LogP contribution in [0.2, 0.25) is 0 Å². The highest BCUT2D eigenvalue weighted by Gasteiger charge is 2.19. The summed E-state index contributed by atoms with van der Waals surface area (Å²) in [6.07, 6.45) is 0.00815. The van der Waals surface area contributed by atoms with Crippen LogP contribution in [-0.2, 0) is 0 Å². The third-order valence-corrected chi connectivity index (χ3v) is 4.55. The average molecular weight is 370 g/mol. The Kier molecular flexibility index (Phi) is 6.89. The van der Waals surface area contributed by atoms with Crippen LogP contribution < -0.4 is 14.8 Å². The summed E-state index contributed by atoms with van der Waals surface area (Å²) in [5.41, 5.74) is 3.88. The zero-order valence-electron chi connectivity index (χ0n) is 17.4. The first-order valence-electron chi connectivity index (χ1n) is 9.49. The molecule has 0 radical (unpaired) electrons. The predicted molar refractivity (Wildman–Crippen MR) is 110 cm³/mol. The fourth-order valence-corrected chi connectivity index (χ4v) is 3.17. The third-order valence-electron chi connectivity index (χ3n) is 4.55. The van der Waals surface area contributed by atoms with Gasteiger partial charge in [-0.2, -0.15) is 0 Å². The molecule has 2 rings (SSSR count). The molecule has 0 spiro atoms. The standard InChI is InChI=1S/C23H31NO3/c1-14(2)19-13-20(16(5)12-22(19)26-7)17(6)24-23(25)18-10-8-9-11-21(18)27-15(3)4/h8-15,17H,1-7H3,(H,24,25)/t17-/m0/s1. The van der Waals surface area contributed by atoms with Crippen LogP contribution in [0.25, 0.3) is 0 Å². The van der Waals surface area contributed by atoms with Crippen LogP contribution in [0.1, 0.15) is 73.6 Å². The maximum atomic E-state index is 12.9. The molecule has 4 nitrogen and oxygen atoms in total. The minimum Gasteiger partial charge on any atom is -0.496 e. The number of hydrogen-bond donors (Lipinski definition) is 1. The molecule has 0 fully saturated rings. The smallest absolute Gasteiger partial charge is 0.255 e. The Hall–Kier alpha value is -2.49. The van der Waals surface area contributed by atoms with Crippen LogP contribution >= 0.6 is 0 Å². The molecule has 4 heteroatoms. The van der Waals surface area contributed by atoms with E-state index in [2.05, 4.69) is 25.2 Å². The van der Waals surface area contributed by atoms with Crippen molar-refractivity contribution in [2.45, 2.75) is 59.6 Å². The van der Waals surface area contributed by atoms with Gasteiger partial charge in [0.05, 0.1) is 24.8 Å². The van der Waals surface area contributed by atoms with Gasteiger partial charge in [-0.3, -0.25) is 4.79 Å². The van der Waals surface area contributed by atoms with Crippen LogP contribution in [0.5, 0.6) is 11.5 Å². The molecule has 0 aliphatic heterocycles. The Morgan fingerprint density at radius 2 is 1.63 bits per heavy atom. The maximum absolute atomic E-state index is 12.9. The molecule has 0 aliphatic rings. The topological polar surface area (TPSA) is 47.6 Å². The van der Waals surface area contributed by atoms with Crippen molar-refractivity contribution in [2.75, 3.05) is 7.11 Å². The van der Waals surface area contributed by atoms with Crippen molar-refractivity contribution in [3.05, 3.63) is 58.7 Å². The quantitative estimate of drug-likeness (QED) is 0.710. The summed E-state index contributed by atoms with van der Waals surface area (Å²) >= 11 is 0. The summed E-state index contributed by atoms with van der Waals surface area (Å²) < 4.78 is 11.3. The summed E-state index contributed by atoms with van der Waals surface area (Å²) in [6, 6.07) is 11.4. The van der Waals surface area contributed by atoms with Gasteiger partial charge < -0.3 is 14.8 Å². The molecule has 0 heterocycles. The molecule has 0 aromatic heterocycles. The van der Waals surface area contributed by atoms with Gasteiger partial charge in [0.15, 0.2) is 0 Å².